The molecule has 1 aliphatic rings. The van der Waals surface area contributed by atoms with E-state index in [9.17, 15) is 4.79 Å². The van der Waals surface area contributed by atoms with Crippen LogP contribution in [0.5, 0.6) is 0 Å². The molecule has 3 rings (SSSR count). The molecule has 4 heteroatoms. The van der Waals surface area contributed by atoms with Crippen molar-refractivity contribution >= 4 is 5.91 Å². The Kier molecular flexibility index (Phi) is 7.86. The Morgan fingerprint density at radius 1 is 1.00 bits per heavy atom. The molecule has 4 nitrogen and oxygen atoms in total. The molecule has 0 saturated carbocycles. The molecule has 0 radical (unpaired) electrons. The molecule has 2 aromatic rings. The highest BCUT2D eigenvalue weighted by atomic mass is 16.5. The zero-order valence-electron chi connectivity index (χ0n) is 17.4. The van der Waals surface area contributed by atoms with Crippen LogP contribution in [0, 0.1) is 17.8 Å². The van der Waals surface area contributed by atoms with Crippen molar-refractivity contribution in [2.24, 2.45) is 5.92 Å². The van der Waals surface area contributed by atoms with Crippen LogP contribution in [0.2, 0.25) is 0 Å². The van der Waals surface area contributed by atoms with E-state index in [1.807, 2.05) is 54.6 Å². The first kappa shape index (κ1) is 21.1. The van der Waals surface area contributed by atoms with Crippen molar-refractivity contribution in [1.82, 2.24) is 10.2 Å². The van der Waals surface area contributed by atoms with E-state index in [1.165, 1.54) is 0 Å². The second-order valence-corrected chi connectivity index (χ2v) is 7.84. The smallest absolute Gasteiger partial charge is 0.251 e. The molecule has 0 aromatic heterocycles. The van der Waals surface area contributed by atoms with Crippen molar-refractivity contribution in [2.75, 3.05) is 32.8 Å². The highest BCUT2D eigenvalue weighted by molar-refractivity contribution is 5.94. The summed E-state index contributed by atoms with van der Waals surface area (Å²) in [6.45, 7) is 8.52. The average Bonchev–Trinajstić information content (AvgIpc) is 2.76. The quantitative estimate of drug-likeness (QED) is 0.767. The summed E-state index contributed by atoms with van der Waals surface area (Å²) in [5, 5.41) is 3.12. The van der Waals surface area contributed by atoms with E-state index in [-0.39, 0.29) is 5.91 Å². The molecule has 2 aromatic carbocycles. The van der Waals surface area contributed by atoms with Crippen molar-refractivity contribution in [3.63, 3.8) is 0 Å². The fourth-order valence-corrected chi connectivity index (χ4v) is 3.53. The van der Waals surface area contributed by atoms with Crippen LogP contribution in [-0.2, 0) is 4.74 Å². The number of rotatable bonds is 6. The van der Waals surface area contributed by atoms with E-state index in [4.69, 9.17) is 4.74 Å². The zero-order chi connectivity index (χ0) is 20.5. The maximum Gasteiger partial charge on any atom is 0.251 e. The fraction of sp³-hybridized carbons (Fsp3) is 0.400. The number of benzene rings is 2. The highest BCUT2D eigenvalue weighted by Crippen LogP contribution is 2.13. The van der Waals surface area contributed by atoms with Crippen molar-refractivity contribution < 1.29 is 9.53 Å². The van der Waals surface area contributed by atoms with Crippen LogP contribution >= 0.6 is 0 Å². The fourth-order valence-electron chi connectivity index (χ4n) is 3.53. The molecule has 1 atom stereocenters. The Bertz CT molecular complexity index is 829. The topological polar surface area (TPSA) is 41.6 Å². The van der Waals surface area contributed by atoms with Crippen molar-refractivity contribution in [1.29, 1.82) is 0 Å². The van der Waals surface area contributed by atoms with Gasteiger partial charge in [-0.15, -0.1) is 0 Å². The molecular weight excluding hydrogens is 360 g/mol. The van der Waals surface area contributed by atoms with Gasteiger partial charge in [-0.05, 0) is 48.7 Å². The third-order valence-corrected chi connectivity index (χ3v) is 5.08. The third kappa shape index (κ3) is 6.74. The SMILES string of the molecule is CC(C)CC(CNC(=O)c1ccc(C#Cc2ccccc2)cc1)N1CCOCC1. The first-order valence-electron chi connectivity index (χ1n) is 10.4. The lowest BCUT2D eigenvalue weighted by molar-refractivity contribution is 0.0124. The van der Waals surface area contributed by atoms with Gasteiger partial charge in [0.1, 0.15) is 0 Å². The van der Waals surface area contributed by atoms with Gasteiger partial charge in [0.2, 0.25) is 0 Å². The van der Waals surface area contributed by atoms with Gasteiger partial charge in [-0.2, -0.15) is 0 Å². The van der Waals surface area contributed by atoms with Gasteiger partial charge >= 0.3 is 0 Å². The molecule has 1 unspecified atom stereocenters. The van der Waals surface area contributed by atoms with Crippen LogP contribution in [0.1, 0.15) is 41.8 Å². The van der Waals surface area contributed by atoms with Crippen LogP contribution in [-0.4, -0.2) is 49.7 Å². The van der Waals surface area contributed by atoms with Crippen molar-refractivity contribution in [3.05, 3.63) is 71.3 Å². The summed E-state index contributed by atoms with van der Waals surface area (Å²) in [4.78, 5) is 15.1. The highest BCUT2D eigenvalue weighted by Gasteiger charge is 2.22. The summed E-state index contributed by atoms with van der Waals surface area (Å²) in [7, 11) is 0. The van der Waals surface area contributed by atoms with Crippen LogP contribution < -0.4 is 5.32 Å². The van der Waals surface area contributed by atoms with Crippen LogP contribution in [0.15, 0.2) is 54.6 Å². The number of carbonyl (C=O) groups excluding carboxylic acids is 1. The number of ether oxygens (including phenoxy) is 1. The van der Waals surface area contributed by atoms with E-state index < -0.39 is 0 Å². The van der Waals surface area contributed by atoms with E-state index in [1.54, 1.807) is 0 Å². The predicted octanol–water partition coefficient (Wildman–Crippen LogP) is 3.56. The average molecular weight is 391 g/mol. The van der Waals surface area contributed by atoms with Gasteiger partial charge in [0.25, 0.3) is 5.91 Å². The molecule has 1 N–H and O–H groups in total. The van der Waals surface area contributed by atoms with Gasteiger partial charge in [-0.25, -0.2) is 0 Å². The molecule has 1 aliphatic heterocycles. The van der Waals surface area contributed by atoms with Gasteiger partial charge in [-0.1, -0.05) is 43.9 Å². The summed E-state index contributed by atoms with van der Waals surface area (Å²) in [5.41, 5.74) is 2.55. The minimum absolute atomic E-state index is 0.0328. The molecule has 1 saturated heterocycles. The number of nitrogens with one attached hydrogen (secondary N) is 1. The molecular formula is C25H30N2O2. The predicted molar refractivity (Wildman–Crippen MR) is 117 cm³/mol. The normalized spacial score (nSPS) is 15.4. The molecule has 0 spiro atoms. The zero-order valence-corrected chi connectivity index (χ0v) is 17.4. The molecule has 1 heterocycles. The number of nitrogens with zero attached hydrogens (tertiary/aromatic N) is 1. The largest absolute Gasteiger partial charge is 0.379 e. The minimum atomic E-state index is -0.0328. The lowest BCUT2D eigenvalue weighted by atomic mass is 10.0. The Hall–Kier alpha value is -2.61. The third-order valence-electron chi connectivity index (χ3n) is 5.08. The summed E-state index contributed by atoms with van der Waals surface area (Å²) in [6.07, 6.45) is 1.06. The second kappa shape index (κ2) is 10.8. The van der Waals surface area contributed by atoms with E-state index in [0.717, 1.165) is 43.9 Å². The number of amides is 1. The maximum absolute atomic E-state index is 12.6. The minimum Gasteiger partial charge on any atom is -0.379 e. The Labute approximate surface area is 174 Å². The summed E-state index contributed by atoms with van der Waals surface area (Å²) >= 11 is 0. The van der Waals surface area contributed by atoms with Crippen molar-refractivity contribution in [2.45, 2.75) is 26.3 Å². The molecule has 29 heavy (non-hydrogen) atoms. The summed E-state index contributed by atoms with van der Waals surface area (Å²) in [6, 6.07) is 17.7. The van der Waals surface area contributed by atoms with Crippen LogP contribution in [0.3, 0.4) is 0 Å². The van der Waals surface area contributed by atoms with Crippen molar-refractivity contribution in [3.8, 4) is 11.8 Å². The van der Waals surface area contributed by atoms with Gasteiger partial charge < -0.3 is 10.1 Å². The first-order valence-corrected chi connectivity index (χ1v) is 10.4. The number of hydrogen-bond acceptors (Lipinski definition) is 3. The Morgan fingerprint density at radius 3 is 2.24 bits per heavy atom. The lowest BCUT2D eigenvalue weighted by Crippen LogP contribution is -2.49. The number of morpholine rings is 1. The number of carbonyl (C=O) groups is 1. The molecule has 0 bridgehead atoms. The Morgan fingerprint density at radius 2 is 1.62 bits per heavy atom. The number of hydrogen-bond donors (Lipinski definition) is 1. The van der Waals surface area contributed by atoms with E-state index in [2.05, 4.69) is 35.9 Å². The molecule has 1 fully saturated rings. The van der Waals surface area contributed by atoms with Gasteiger partial charge in [0.15, 0.2) is 0 Å². The van der Waals surface area contributed by atoms with E-state index in [0.29, 0.717) is 24.1 Å². The maximum atomic E-state index is 12.6. The summed E-state index contributed by atoms with van der Waals surface area (Å²) < 4.78 is 5.47. The monoisotopic (exact) mass is 390 g/mol. The van der Waals surface area contributed by atoms with Gasteiger partial charge in [0.05, 0.1) is 13.2 Å². The lowest BCUT2D eigenvalue weighted by Gasteiger charge is -2.35. The van der Waals surface area contributed by atoms with Crippen LogP contribution in [0.4, 0.5) is 0 Å². The molecule has 0 aliphatic carbocycles. The van der Waals surface area contributed by atoms with Gasteiger partial charge in [0, 0.05) is 42.4 Å². The first-order chi connectivity index (χ1) is 14.1. The second-order valence-electron chi connectivity index (χ2n) is 7.84. The molecule has 152 valence electrons. The Balaban J connectivity index is 1.57. The van der Waals surface area contributed by atoms with E-state index >= 15 is 0 Å². The van der Waals surface area contributed by atoms with Gasteiger partial charge in [-0.3, -0.25) is 9.69 Å². The van der Waals surface area contributed by atoms with Crippen LogP contribution in [0.25, 0.3) is 0 Å². The molecule has 1 amide bonds. The standard InChI is InChI=1S/C25H30N2O2/c1-20(2)18-24(27-14-16-29-17-15-27)19-26-25(28)23-12-10-22(11-13-23)9-8-21-6-4-3-5-7-21/h3-7,10-13,20,24H,14-19H2,1-2H3,(H,26,28). The summed E-state index contributed by atoms with van der Waals surface area (Å²) in [5.74, 6) is 6.83.